The molecular weight excluding hydrogens is 234 g/mol. The number of aromatic nitrogens is 1. The summed E-state index contributed by atoms with van der Waals surface area (Å²) < 4.78 is 5.38. The summed E-state index contributed by atoms with van der Waals surface area (Å²) in [7, 11) is 0. The van der Waals surface area contributed by atoms with E-state index in [1.165, 1.54) is 17.4 Å². The molecule has 6 heteroatoms. The van der Waals surface area contributed by atoms with Crippen molar-refractivity contribution in [3.05, 3.63) is 32.9 Å². The predicted octanol–water partition coefficient (Wildman–Crippen LogP) is 2.48. The van der Waals surface area contributed by atoms with Crippen LogP contribution in [0.5, 0.6) is 5.75 Å². The number of rotatable bonds is 4. The van der Waals surface area contributed by atoms with Gasteiger partial charge in [0.25, 0.3) is 0 Å². The van der Waals surface area contributed by atoms with Crippen molar-refractivity contribution in [1.82, 2.24) is 4.98 Å². The first-order valence-electron chi connectivity index (χ1n) is 4.08. The van der Waals surface area contributed by atoms with Crippen molar-refractivity contribution in [2.45, 2.75) is 6.61 Å². The molecule has 0 atom stereocenters. The van der Waals surface area contributed by atoms with Gasteiger partial charge in [-0.25, -0.2) is 9.78 Å². The maximum atomic E-state index is 10.6. The topological polar surface area (TPSA) is 59.4 Å². The molecule has 0 spiro atoms. The zero-order valence-corrected chi connectivity index (χ0v) is 9.18. The minimum absolute atomic E-state index is 0.282. The van der Waals surface area contributed by atoms with Gasteiger partial charge in [-0.3, -0.25) is 0 Å². The number of hydrogen-bond acceptors (Lipinski definition) is 5. The van der Waals surface area contributed by atoms with E-state index < -0.39 is 5.97 Å². The molecule has 2 aromatic rings. The Labute approximate surface area is 93.8 Å². The van der Waals surface area contributed by atoms with Gasteiger partial charge in [-0.15, -0.1) is 22.7 Å². The Morgan fingerprint density at radius 2 is 2.40 bits per heavy atom. The number of ether oxygens (including phenoxy) is 1. The molecule has 15 heavy (non-hydrogen) atoms. The van der Waals surface area contributed by atoms with E-state index in [9.17, 15) is 4.79 Å². The maximum Gasteiger partial charge on any atom is 0.346 e. The van der Waals surface area contributed by atoms with Crippen molar-refractivity contribution >= 4 is 28.6 Å². The number of carboxylic acid groups (broad SMARTS) is 1. The lowest BCUT2D eigenvalue weighted by molar-refractivity contribution is 0.0702. The number of hydrogen-bond donors (Lipinski definition) is 1. The zero-order chi connectivity index (χ0) is 10.7. The van der Waals surface area contributed by atoms with Crippen molar-refractivity contribution in [3.8, 4) is 5.75 Å². The van der Waals surface area contributed by atoms with Gasteiger partial charge in [0.2, 0.25) is 0 Å². The van der Waals surface area contributed by atoms with Gasteiger partial charge in [0.1, 0.15) is 22.2 Å². The number of nitrogens with zero attached hydrogens (tertiary/aromatic N) is 1. The first-order chi connectivity index (χ1) is 7.25. The summed E-state index contributed by atoms with van der Waals surface area (Å²) in [5.74, 6) is -0.350. The van der Waals surface area contributed by atoms with Crippen LogP contribution in [0.4, 0.5) is 0 Å². The molecule has 0 aliphatic rings. The first kappa shape index (κ1) is 10.1. The summed E-state index contributed by atoms with van der Waals surface area (Å²) in [5.41, 5.74) is 0. The molecular formula is C9H7NO3S2. The zero-order valence-electron chi connectivity index (χ0n) is 7.54. The van der Waals surface area contributed by atoms with Gasteiger partial charge in [-0.2, -0.15) is 0 Å². The summed E-state index contributed by atoms with van der Waals surface area (Å²) in [5, 5.41) is 13.1. The number of aromatic carboxylic acids is 1. The summed E-state index contributed by atoms with van der Waals surface area (Å²) in [6, 6.07) is 1.51. The fraction of sp³-hybridized carbons (Fsp3) is 0.111. The number of thiophene rings is 1. The molecule has 0 fully saturated rings. The van der Waals surface area contributed by atoms with Crippen LogP contribution in [-0.4, -0.2) is 16.1 Å². The Balaban J connectivity index is 1.96. The monoisotopic (exact) mass is 241 g/mol. The van der Waals surface area contributed by atoms with Crippen LogP contribution in [0.15, 0.2) is 23.0 Å². The quantitative estimate of drug-likeness (QED) is 0.893. The molecule has 0 aliphatic carbocycles. The summed E-state index contributed by atoms with van der Waals surface area (Å²) in [4.78, 5) is 14.9. The highest BCUT2D eigenvalue weighted by atomic mass is 32.1. The molecule has 2 rings (SSSR count). The number of carbonyl (C=O) groups is 1. The fourth-order valence-corrected chi connectivity index (χ4v) is 2.17. The lowest BCUT2D eigenvalue weighted by Crippen LogP contribution is -1.94. The van der Waals surface area contributed by atoms with Gasteiger partial charge in [0.05, 0.1) is 0 Å². The van der Waals surface area contributed by atoms with E-state index in [-0.39, 0.29) is 4.88 Å². The number of carboxylic acids is 1. The normalized spacial score (nSPS) is 10.1. The molecule has 0 unspecified atom stereocenters. The SMILES string of the molecule is O=C(O)c1cc(OCc2nccs2)cs1. The summed E-state index contributed by atoms with van der Waals surface area (Å²) in [6.45, 7) is 0.382. The highest BCUT2D eigenvalue weighted by Gasteiger charge is 2.07. The lowest BCUT2D eigenvalue weighted by atomic mass is 10.4. The minimum atomic E-state index is -0.927. The maximum absolute atomic E-state index is 10.6. The highest BCUT2D eigenvalue weighted by molar-refractivity contribution is 7.12. The van der Waals surface area contributed by atoms with Crippen LogP contribution >= 0.6 is 22.7 Å². The van der Waals surface area contributed by atoms with Crippen LogP contribution in [0, 0.1) is 0 Å². The minimum Gasteiger partial charge on any atom is -0.486 e. The fourth-order valence-electron chi connectivity index (χ4n) is 0.976. The number of thiazole rings is 1. The molecule has 0 saturated carbocycles. The van der Waals surface area contributed by atoms with Crippen molar-refractivity contribution in [2.75, 3.05) is 0 Å². The van der Waals surface area contributed by atoms with E-state index in [0.717, 1.165) is 16.3 Å². The second-order valence-electron chi connectivity index (χ2n) is 2.67. The van der Waals surface area contributed by atoms with Gasteiger partial charge < -0.3 is 9.84 Å². The Hall–Kier alpha value is -1.40. The van der Waals surface area contributed by atoms with Crippen molar-refractivity contribution in [3.63, 3.8) is 0 Å². The summed E-state index contributed by atoms with van der Waals surface area (Å²) in [6.07, 6.45) is 1.71. The highest BCUT2D eigenvalue weighted by Crippen LogP contribution is 2.22. The van der Waals surface area contributed by atoms with E-state index in [0.29, 0.717) is 12.4 Å². The van der Waals surface area contributed by atoms with Crippen LogP contribution in [-0.2, 0) is 6.61 Å². The van der Waals surface area contributed by atoms with Gasteiger partial charge in [-0.1, -0.05) is 0 Å². The van der Waals surface area contributed by atoms with E-state index in [1.807, 2.05) is 5.38 Å². The van der Waals surface area contributed by atoms with Crippen LogP contribution in [0.2, 0.25) is 0 Å². The molecule has 0 saturated heterocycles. The Morgan fingerprint density at radius 3 is 3.00 bits per heavy atom. The molecule has 78 valence electrons. The molecule has 0 amide bonds. The Morgan fingerprint density at radius 1 is 1.53 bits per heavy atom. The second kappa shape index (κ2) is 4.41. The third-order valence-corrected chi connectivity index (χ3v) is 3.28. The van der Waals surface area contributed by atoms with Crippen molar-refractivity contribution < 1.29 is 14.6 Å². The Kier molecular flexibility index (Phi) is 2.98. The first-order valence-corrected chi connectivity index (χ1v) is 5.84. The van der Waals surface area contributed by atoms with E-state index in [1.54, 1.807) is 11.6 Å². The third-order valence-electron chi connectivity index (χ3n) is 1.63. The van der Waals surface area contributed by atoms with Crippen molar-refractivity contribution in [1.29, 1.82) is 0 Å². The molecule has 1 N–H and O–H groups in total. The molecule has 2 heterocycles. The average Bonchev–Trinajstić information content (AvgIpc) is 2.86. The van der Waals surface area contributed by atoms with Gasteiger partial charge in [-0.05, 0) is 0 Å². The molecule has 0 bridgehead atoms. The molecule has 0 aromatic carbocycles. The van der Waals surface area contributed by atoms with Crippen molar-refractivity contribution in [2.24, 2.45) is 0 Å². The van der Waals surface area contributed by atoms with Crippen LogP contribution in [0.25, 0.3) is 0 Å². The smallest absolute Gasteiger partial charge is 0.346 e. The van der Waals surface area contributed by atoms with Gasteiger partial charge in [0, 0.05) is 23.0 Å². The molecule has 2 aromatic heterocycles. The van der Waals surface area contributed by atoms with Gasteiger partial charge >= 0.3 is 5.97 Å². The van der Waals surface area contributed by atoms with E-state index in [2.05, 4.69) is 4.98 Å². The van der Waals surface area contributed by atoms with E-state index in [4.69, 9.17) is 9.84 Å². The van der Waals surface area contributed by atoms with E-state index >= 15 is 0 Å². The van der Waals surface area contributed by atoms with Crippen LogP contribution in [0.3, 0.4) is 0 Å². The van der Waals surface area contributed by atoms with Crippen LogP contribution in [0.1, 0.15) is 14.7 Å². The third kappa shape index (κ3) is 2.54. The predicted molar refractivity (Wildman–Crippen MR) is 57.7 cm³/mol. The summed E-state index contributed by atoms with van der Waals surface area (Å²) >= 11 is 2.66. The standard InChI is InChI=1S/C9H7NO3S2/c11-9(12)7-3-6(5-15-7)13-4-8-10-1-2-14-8/h1-3,5H,4H2,(H,11,12). The molecule has 0 radical (unpaired) electrons. The Bertz CT molecular complexity index is 450. The van der Waals surface area contributed by atoms with Gasteiger partial charge in [0.15, 0.2) is 0 Å². The largest absolute Gasteiger partial charge is 0.486 e. The van der Waals surface area contributed by atoms with Crippen LogP contribution < -0.4 is 4.74 Å². The average molecular weight is 241 g/mol. The lowest BCUT2D eigenvalue weighted by Gasteiger charge is -1.98. The molecule has 0 aliphatic heterocycles. The molecule has 4 nitrogen and oxygen atoms in total. The second-order valence-corrected chi connectivity index (χ2v) is 4.56.